The molecule has 0 aliphatic heterocycles. The summed E-state index contributed by atoms with van der Waals surface area (Å²) in [5.74, 6) is 0. The van der Waals surface area contributed by atoms with Crippen LogP contribution >= 0.6 is 0 Å². The summed E-state index contributed by atoms with van der Waals surface area (Å²) in [5, 5.41) is 0. The second-order valence-electron chi connectivity index (χ2n) is 6.58. The number of aryl methyl sites for hydroxylation is 2. The standard InChI is InChI=1S/C22H18N2/c1-2-4-18-15(3-1)7-10-20-19(18)9-8-16-5-6-17(13-21(16)20)22-14-23-11-12-24-22/h1-4,8-9,11-14H,5-7,10H2. The fourth-order valence-corrected chi connectivity index (χ4v) is 4.08. The Morgan fingerprint density at radius 3 is 2.58 bits per heavy atom. The molecule has 2 nitrogen and oxygen atoms in total. The zero-order valence-corrected chi connectivity index (χ0v) is 13.5. The SMILES string of the molecule is C1=C(c2cnccn2)CCc2ccc3c(c21)CCc1ccccc1-3. The first kappa shape index (κ1) is 13.7. The smallest absolute Gasteiger partial charge is 0.0845 e. The molecule has 1 heterocycles. The quantitative estimate of drug-likeness (QED) is 0.649. The average molecular weight is 310 g/mol. The van der Waals surface area contributed by atoms with E-state index in [1.807, 2.05) is 6.20 Å². The van der Waals surface area contributed by atoms with Gasteiger partial charge in [0.15, 0.2) is 0 Å². The van der Waals surface area contributed by atoms with E-state index in [1.54, 1.807) is 12.4 Å². The fourth-order valence-electron chi connectivity index (χ4n) is 4.08. The molecule has 1 aromatic heterocycles. The number of benzene rings is 2. The Labute approximate surface area is 141 Å². The van der Waals surface area contributed by atoms with Crippen molar-refractivity contribution in [3.8, 4) is 11.1 Å². The van der Waals surface area contributed by atoms with Crippen LogP contribution in [0.4, 0.5) is 0 Å². The molecule has 0 bridgehead atoms. The van der Waals surface area contributed by atoms with Crippen LogP contribution in [0.25, 0.3) is 22.8 Å². The van der Waals surface area contributed by atoms with Crippen LogP contribution in [0.5, 0.6) is 0 Å². The second kappa shape index (κ2) is 5.41. The number of allylic oxidation sites excluding steroid dienone is 1. The van der Waals surface area contributed by atoms with Gasteiger partial charge in [-0.1, -0.05) is 36.4 Å². The summed E-state index contributed by atoms with van der Waals surface area (Å²) in [6.45, 7) is 0. The molecule has 0 saturated heterocycles. The van der Waals surface area contributed by atoms with E-state index in [0.29, 0.717) is 0 Å². The van der Waals surface area contributed by atoms with Gasteiger partial charge in [-0.3, -0.25) is 9.97 Å². The van der Waals surface area contributed by atoms with Crippen LogP contribution in [-0.4, -0.2) is 9.97 Å². The van der Waals surface area contributed by atoms with Crippen LogP contribution in [0.3, 0.4) is 0 Å². The normalized spacial score (nSPS) is 15.1. The molecule has 0 atom stereocenters. The van der Waals surface area contributed by atoms with E-state index in [-0.39, 0.29) is 0 Å². The highest BCUT2D eigenvalue weighted by molar-refractivity contribution is 5.87. The Hall–Kier alpha value is -2.74. The van der Waals surface area contributed by atoms with Crippen LogP contribution in [0.2, 0.25) is 0 Å². The summed E-state index contributed by atoms with van der Waals surface area (Å²) in [6, 6.07) is 13.5. The van der Waals surface area contributed by atoms with Crippen molar-refractivity contribution < 1.29 is 0 Å². The second-order valence-corrected chi connectivity index (χ2v) is 6.58. The molecule has 24 heavy (non-hydrogen) atoms. The van der Waals surface area contributed by atoms with E-state index >= 15 is 0 Å². The van der Waals surface area contributed by atoms with Gasteiger partial charge in [0.2, 0.25) is 0 Å². The topological polar surface area (TPSA) is 25.8 Å². The molecule has 5 rings (SSSR count). The lowest BCUT2D eigenvalue weighted by molar-refractivity contribution is 0.917. The van der Waals surface area contributed by atoms with Gasteiger partial charge in [-0.2, -0.15) is 0 Å². The van der Waals surface area contributed by atoms with Crippen molar-refractivity contribution in [2.45, 2.75) is 25.7 Å². The number of aromatic nitrogens is 2. The molecular formula is C22H18N2. The highest BCUT2D eigenvalue weighted by Gasteiger charge is 2.22. The van der Waals surface area contributed by atoms with Gasteiger partial charge in [-0.15, -0.1) is 0 Å². The summed E-state index contributed by atoms with van der Waals surface area (Å²) in [7, 11) is 0. The van der Waals surface area contributed by atoms with Crippen LogP contribution in [0, 0.1) is 0 Å². The molecule has 0 radical (unpaired) electrons. The van der Waals surface area contributed by atoms with Crippen LogP contribution in [0.15, 0.2) is 55.0 Å². The molecule has 0 fully saturated rings. The summed E-state index contributed by atoms with van der Waals surface area (Å²) in [6.07, 6.45) is 12.1. The molecule has 2 heteroatoms. The number of hydrogen-bond acceptors (Lipinski definition) is 2. The molecule has 2 aromatic carbocycles. The molecule has 2 aliphatic carbocycles. The van der Waals surface area contributed by atoms with E-state index in [4.69, 9.17) is 0 Å². The minimum Gasteiger partial charge on any atom is -0.261 e. The Bertz CT molecular complexity index is 955. The van der Waals surface area contributed by atoms with Crippen molar-refractivity contribution in [2.24, 2.45) is 0 Å². The van der Waals surface area contributed by atoms with Crippen molar-refractivity contribution in [2.75, 3.05) is 0 Å². The molecule has 116 valence electrons. The van der Waals surface area contributed by atoms with Gasteiger partial charge < -0.3 is 0 Å². The Balaban J connectivity index is 1.69. The van der Waals surface area contributed by atoms with Gasteiger partial charge in [0.25, 0.3) is 0 Å². The minimum atomic E-state index is 1.01. The lowest BCUT2D eigenvalue weighted by Gasteiger charge is -2.26. The van der Waals surface area contributed by atoms with Gasteiger partial charge in [0, 0.05) is 12.4 Å². The van der Waals surface area contributed by atoms with Crippen molar-refractivity contribution in [3.63, 3.8) is 0 Å². The van der Waals surface area contributed by atoms with Crippen molar-refractivity contribution in [3.05, 3.63) is 82.9 Å². The molecule has 0 N–H and O–H groups in total. The van der Waals surface area contributed by atoms with Gasteiger partial charge >= 0.3 is 0 Å². The predicted octanol–water partition coefficient (Wildman–Crippen LogP) is 4.73. The number of hydrogen-bond donors (Lipinski definition) is 0. The van der Waals surface area contributed by atoms with Crippen LogP contribution < -0.4 is 0 Å². The summed E-state index contributed by atoms with van der Waals surface area (Å²) in [5.41, 5.74) is 11.0. The van der Waals surface area contributed by atoms with Gasteiger partial charge in [0.05, 0.1) is 11.9 Å². The van der Waals surface area contributed by atoms with Crippen LogP contribution in [-0.2, 0) is 19.3 Å². The summed E-state index contributed by atoms with van der Waals surface area (Å²) in [4.78, 5) is 8.72. The molecule has 3 aromatic rings. The average Bonchev–Trinajstić information content (AvgIpc) is 2.67. The third-order valence-electron chi connectivity index (χ3n) is 5.27. The molecule has 0 saturated carbocycles. The summed E-state index contributed by atoms with van der Waals surface area (Å²) >= 11 is 0. The van der Waals surface area contributed by atoms with Gasteiger partial charge in [0.1, 0.15) is 0 Å². The molecule has 0 unspecified atom stereocenters. The Morgan fingerprint density at radius 1 is 0.750 bits per heavy atom. The number of fused-ring (bicyclic) bond motifs is 5. The Morgan fingerprint density at radius 2 is 1.67 bits per heavy atom. The third kappa shape index (κ3) is 2.10. The van der Waals surface area contributed by atoms with Crippen molar-refractivity contribution in [1.29, 1.82) is 0 Å². The highest BCUT2D eigenvalue weighted by Crippen LogP contribution is 2.40. The van der Waals surface area contributed by atoms with E-state index in [0.717, 1.165) is 31.4 Å². The third-order valence-corrected chi connectivity index (χ3v) is 5.27. The maximum Gasteiger partial charge on any atom is 0.0845 e. The van der Waals surface area contributed by atoms with E-state index in [1.165, 1.54) is 39.0 Å². The van der Waals surface area contributed by atoms with Crippen molar-refractivity contribution in [1.82, 2.24) is 9.97 Å². The fraction of sp³-hybridized carbons (Fsp3) is 0.182. The maximum atomic E-state index is 4.49. The highest BCUT2D eigenvalue weighted by atomic mass is 14.8. The minimum absolute atomic E-state index is 1.01. The molecule has 0 amide bonds. The van der Waals surface area contributed by atoms with Gasteiger partial charge in [-0.25, -0.2) is 0 Å². The number of nitrogens with zero attached hydrogens (tertiary/aromatic N) is 2. The first-order chi connectivity index (χ1) is 11.9. The monoisotopic (exact) mass is 310 g/mol. The first-order valence-electron chi connectivity index (χ1n) is 8.60. The van der Waals surface area contributed by atoms with Crippen LogP contribution in [0.1, 0.15) is 34.4 Å². The molecular weight excluding hydrogens is 292 g/mol. The maximum absolute atomic E-state index is 4.49. The Kier molecular flexibility index (Phi) is 3.08. The molecule has 2 aliphatic rings. The zero-order valence-electron chi connectivity index (χ0n) is 13.5. The zero-order chi connectivity index (χ0) is 15.9. The summed E-state index contributed by atoms with van der Waals surface area (Å²) < 4.78 is 0. The predicted molar refractivity (Wildman–Crippen MR) is 97.5 cm³/mol. The van der Waals surface area contributed by atoms with E-state index < -0.39 is 0 Å². The van der Waals surface area contributed by atoms with Gasteiger partial charge in [-0.05, 0) is 70.7 Å². The largest absolute Gasteiger partial charge is 0.261 e. The van der Waals surface area contributed by atoms with E-state index in [9.17, 15) is 0 Å². The first-order valence-corrected chi connectivity index (χ1v) is 8.60. The lowest BCUT2D eigenvalue weighted by atomic mass is 9.79. The lowest BCUT2D eigenvalue weighted by Crippen LogP contribution is -2.10. The van der Waals surface area contributed by atoms with E-state index in [2.05, 4.69) is 52.4 Å². The number of rotatable bonds is 1. The molecule has 0 spiro atoms. The van der Waals surface area contributed by atoms with Crippen molar-refractivity contribution >= 4 is 11.6 Å².